The molecule has 2 aromatic heterocycles. The molecule has 1 atom stereocenters. The number of carbonyl (C=O) groups excluding carboxylic acids is 1. The van der Waals surface area contributed by atoms with E-state index in [0.29, 0.717) is 49.7 Å². The first-order valence-corrected chi connectivity index (χ1v) is 11.4. The van der Waals surface area contributed by atoms with E-state index in [9.17, 15) is 18.0 Å². The Morgan fingerprint density at radius 2 is 1.81 bits per heavy atom. The van der Waals surface area contributed by atoms with Gasteiger partial charge in [-0.05, 0) is 17.7 Å². The van der Waals surface area contributed by atoms with Gasteiger partial charge in [-0.15, -0.1) is 0 Å². The van der Waals surface area contributed by atoms with Crippen molar-refractivity contribution < 1.29 is 23.1 Å². The molecule has 0 bridgehead atoms. The molecule has 4 heterocycles. The standard InChI is InChI=1S/C23H23F3N8O2/c24-17-9-15(10-18(25)11-17)20-1-2-28-34(20)23(36)32-5-3-31(4-6-32)22-27-13-19(26)21(30-22)16-12-29-33(14-16)7-8-35/h2,9-14,20,35H,1,3-8H2. The minimum absolute atomic E-state index is 0.0930. The maximum absolute atomic E-state index is 14.4. The van der Waals surface area contributed by atoms with Crippen molar-refractivity contribution in [2.24, 2.45) is 5.10 Å². The number of rotatable bonds is 5. The van der Waals surface area contributed by atoms with Crippen LogP contribution in [0.4, 0.5) is 23.9 Å². The van der Waals surface area contributed by atoms with E-state index in [2.05, 4.69) is 20.2 Å². The molecule has 1 N–H and O–H groups in total. The zero-order chi connectivity index (χ0) is 25.2. The highest BCUT2D eigenvalue weighted by atomic mass is 19.1. The fraction of sp³-hybridized carbons (Fsp3) is 0.348. The molecule has 1 fully saturated rings. The Morgan fingerprint density at radius 3 is 2.53 bits per heavy atom. The third-order valence-corrected chi connectivity index (χ3v) is 6.10. The highest BCUT2D eigenvalue weighted by Gasteiger charge is 2.34. The second-order valence-electron chi connectivity index (χ2n) is 8.44. The van der Waals surface area contributed by atoms with Gasteiger partial charge in [0.25, 0.3) is 0 Å². The second-order valence-corrected chi connectivity index (χ2v) is 8.44. The normalized spacial score (nSPS) is 17.8. The predicted octanol–water partition coefficient (Wildman–Crippen LogP) is 2.42. The van der Waals surface area contributed by atoms with E-state index >= 15 is 0 Å². The number of urea groups is 1. The number of aliphatic hydroxyl groups excluding tert-OH is 1. The molecule has 2 aliphatic heterocycles. The lowest BCUT2D eigenvalue weighted by Crippen LogP contribution is -2.52. The summed E-state index contributed by atoms with van der Waals surface area (Å²) in [4.78, 5) is 25.1. The van der Waals surface area contributed by atoms with Crippen molar-refractivity contribution in [3.8, 4) is 11.3 Å². The Morgan fingerprint density at radius 1 is 1.06 bits per heavy atom. The number of hydrogen-bond donors (Lipinski definition) is 1. The number of hydrazone groups is 1. The summed E-state index contributed by atoms with van der Waals surface area (Å²) in [5, 5.41) is 18.5. The third kappa shape index (κ3) is 4.73. The molecule has 36 heavy (non-hydrogen) atoms. The smallest absolute Gasteiger partial charge is 0.341 e. The molecule has 0 saturated carbocycles. The van der Waals surface area contributed by atoms with Gasteiger partial charge in [-0.1, -0.05) is 0 Å². The highest BCUT2D eigenvalue weighted by molar-refractivity contribution is 5.78. The number of aromatic nitrogens is 4. The van der Waals surface area contributed by atoms with Crippen molar-refractivity contribution in [1.82, 2.24) is 29.7 Å². The van der Waals surface area contributed by atoms with Gasteiger partial charge in [0, 0.05) is 56.6 Å². The van der Waals surface area contributed by atoms with E-state index in [-0.39, 0.29) is 24.9 Å². The predicted molar refractivity (Wildman–Crippen MR) is 124 cm³/mol. The summed E-state index contributed by atoms with van der Waals surface area (Å²) in [6.07, 6.45) is 6.08. The Balaban J connectivity index is 1.26. The van der Waals surface area contributed by atoms with E-state index in [1.807, 2.05) is 4.90 Å². The lowest BCUT2D eigenvalue weighted by Gasteiger charge is -2.37. The largest absolute Gasteiger partial charge is 0.394 e. The van der Waals surface area contributed by atoms with Crippen molar-refractivity contribution in [2.45, 2.75) is 19.0 Å². The Bertz CT molecular complexity index is 1270. The summed E-state index contributed by atoms with van der Waals surface area (Å²) in [5.41, 5.74) is 0.899. The summed E-state index contributed by atoms with van der Waals surface area (Å²) >= 11 is 0. The van der Waals surface area contributed by atoms with Gasteiger partial charge < -0.3 is 14.9 Å². The molecule has 1 unspecified atom stereocenters. The van der Waals surface area contributed by atoms with Crippen LogP contribution in [0, 0.1) is 17.5 Å². The molecule has 13 heteroatoms. The Hall–Kier alpha value is -4.00. The lowest BCUT2D eigenvalue weighted by molar-refractivity contribution is 0.139. The van der Waals surface area contributed by atoms with Gasteiger partial charge in [-0.2, -0.15) is 10.2 Å². The maximum atomic E-state index is 14.4. The minimum Gasteiger partial charge on any atom is -0.394 e. The number of nitrogens with zero attached hydrogens (tertiary/aromatic N) is 8. The van der Waals surface area contributed by atoms with Crippen LogP contribution in [0.15, 0.2) is 41.9 Å². The van der Waals surface area contributed by atoms with Crippen LogP contribution in [0.5, 0.6) is 0 Å². The molecular weight excluding hydrogens is 477 g/mol. The Kier molecular flexibility index (Phi) is 6.55. The third-order valence-electron chi connectivity index (χ3n) is 6.10. The van der Waals surface area contributed by atoms with Crippen LogP contribution in [-0.4, -0.2) is 79.8 Å². The first-order valence-electron chi connectivity index (χ1n) is 11.4. The zero-order valence-electron chi connectivity index (χ0n) is 19.1. The molecular formula is C23H23F3N8O2. The molecule has 3 aromatic rings. The zero-order valence-corrected chi connectivity index (χ0v) is 19.1. The van der Waals surface area contributed by atoms with Gasteiger partial charge in [-0.3, -0.25) is 4.68 Å². The lowest BCUT2D eigenvalue weighted by atomic mass is 10.0. The molecule has 2 amide bonds. The average Bonchev–Trinajstić information content (AvgIpc) is 3.54. The van der Waals surface area contributed by atoms with Crippen LogP contribution >= 0.6 is 0 Å². The molecule has 10 nitrogen and oxygen atoms in total. The molecule has 0 spiro atoms. The fourth-order valence-corrected chi connectivity index (χ4v) is 4.31. The summed E-state index contributed by atoms with van der Waals surface area (Å²) in [5.74, 6) is -1.70. The van der Waals surface area contributed by atoms with Crippen molar-refractivity contribution in [3.05, 3.63) is 59.8 Å². The van der Waals surface area contributed by atoms with Crippen LogP contribution < -0.4 is 4.90 Å². The first kappa shape index (κ1) is 23.7. The van der Waals surface area contributed by atoms with E-state index < -0.39 is 23.5 Å². The van der Waals surface area contributed by atoms with E-state index in [0.717, 1.165) is 12.3 Å². The van der Waals surface area contributed by atoms with Crippen LogP contribution in [0.2, 0.25) is 0 Å². The van der Waals surface area contributed by atoms with Crippen LogP contribution in [0.1, 0.15) is 18.0 Å². The number of benzene rings is 1. The minimum atomic E-state index is -0.711. The molecule has 0 radical (unpaired) electrons. The highest BCUT2D eigenvalue weighted by Crippen LogP contribution is 2.31. The quantitative estimate of drug-likeness (QED) is 0.577. The topological polar surface area (TPSA) is 103 Å². The number of carbonyl (C=O) groups is 1. The van der Waals surface area contributed by atoms with Gasteiger partial charge in [0.1, 0.15) is 17.3 Å². The van der Waals surface area contributed by atoms with Gasteiger partial charge >= 0.3 is 6.03 Å². The SMILES string of the molecule is O=C(N1CCN(c2ncc(F)c(-c3cnn(CCO)c3)n2)CC1)N1N=CCC1c1cc(F)cc(F)c1. The molecule has 5 rings (SSSR count). The first-order chi connectivity index (χ1) is 17.4. The number of amides is 2. The number of piperazine rings is 1. The number of halogens is 3. The number of aliphatic hydroxyl groups is 1. The molecule has 2 aliphatic rings. The fourth-order valence-electron chi connectivity index (χ4n) is 4.31. The van der Waals surface area contributed by atoms with E-state index in [4.69, 9.17) is 5.11 Å². The average molecular weight is 500 g/mol. The van der Waals surface area contributed by atoms with Crippen LogP contribution in [0.25, 0.3) is 11.3 Å². The van der Waals surface area contributed by atoms with Gasteiger partial charge in [-0.25, -0.2) is 32.9 Å². The molecule has 1 aromatic carbocycles. The van der Waals surface area contributed by atoms with Gasteiger partial charge in [0.2, 0.25) is 5.95 Å². The molecule has 0 aliphatic carbocycles. The van der Waals surface area contributed by atoms with Crippen molar-refractivity contribution in [1.29, 1.82) is 0 Å². The summed E-state index contributed by atoms with van der Waals surface area (Å²) in [7, 11) is 0. The van der Waals surface area contributed by atoms with Crippen LogP contribution in [-0.2, 0) is 6.54 Å². The number of anilines is 1. The molecule has 188 valence electrons. The maximum Gasteiger partial charge on any atom is 0.341 e. The Labute approximate surface area is 204 Å². The van der Waals surface area contributed by atoms with Gasteiger partial charge in [0.15, 0.2) is 5.82 Å². The molecule has 1 saturated heterocycles. The second kappa shape index (κ2) is 9.93. The summed E-state index contributed by atoms with van der Waals surface area (Å²) in [6, 6.07) is 2.25. The van der Waals surface area contributed by atoms with E-state index in [1.54, 1.807) is 17.3 Å². The van der Waals surface area contributed by atoms with E-state index in [1.165, 1.54) is 28.0 Å². The van der Waals surface area contributed by atoms with Crippen molar-refractivity contribution in [3.63, 3.8) is 0 Å². The monoisotopic (exact) mass is 500 g/mol. The number of hydrogen-bond acceptors (Lipinski definition) is 7. The van der Waals surface area contributed by atoms with Gasteiger partial charge in [0.05, 0.1) is 31.6 Å². The van der Waals surface area contributed by atoms with Crippen molar-refractivity contribution in [2.75, 3.05) is 37.7 Å². The summed E-state index contributed by atoms with van der Waals surface area (Å²) in [6.45, 7) is 1.66. The van der Waals surface area contributed by atoms with Crippen LogP contribution in [0.3, 0.4) is 0 Å². The summed E-state index contributed by atoms with van der Waals surface area (Å²) < 4.78 is 43.4. The van der Waals surface area contributed by atoms with Crippen molar-refractivity contribution >= 4 is 18.2 Å².